The molecule has 0 bridgehead atoms. The molecule has 4 nitrogen and oxygen atoms in total. The van der Waals surface area contributed by atoms with E-state index < -0.39 is 10.0 Å². The van der Waals surface area contributed by atoms with Gasteiger partial charge in [0.1, 0.15) is 0 Å². The zero-order valence-corrected chi connectivity index (χ0v) is 14.7. The van der Waals surface area contributed by atoms with Crippen LogP contribution in [0.5, 0.6) is 0 Å². The molecule has 0 saturated carbocycles. The molecule has 0 aliphatic rings. The molecule has 3 aromatic carbocycles. The molecule has 0 unspecified atom stereocenters. The van der Waals surface area contributed by atoms with Gasteiger partial charge in [-0.1, -0.05) is 78.9 Å². The Balaban J connectivity index is 0.000000196. The van der Waals surface area contributed by atoms with E-state index in [9.17, 15) is 8.42 Å². The number of sulfonamides is 1. The van der Waals surface area contributed by atoms with Gasteiger partial charge in [0, 0.05) is 13.1 Å². The summed E-state index contributed by atoms with van der Waals surface area (Å²) in [7, 11) is -3.50. The minimum Gasteiger partial charge on any atom is -0.309 e. The molecule has 0 amide bonds. The third-order valence-electron chi connectivity index (χ3n) is 3.42. The van der Waals surface area contributed by atoms with Crippen molar-refractivity contribution in [1.29, 1.82) is 0 Å². The van der Waals surface area contributed by atoms with Gasteiger partial charge in [-0.2, -0.15) is 0 Å². The van der Waals surface area contributed by atoms with Crippen molar-refractivity contribution >= 4 is 10.0 Å². The predicted octanol–water partition coefficient (Wildman–Crippen LogP) is 3.31. The van der Waals surface area contributed by atoms with E-state index >= 15 is 0 Å². The molecule has 5 heteroatoms. The lowest BCUT2D eigenvalue weighted by Crippen LogP contribution is -2.12. The van der Waals surface area contributed by atoms with Gasteiger partial charge in [0.05, 0.1) is 4.90 Å². The molecule has 130 valence electrons. The molecule has 3 N–H and O–H groups in total. The van der Waals surface area contributed by atoms with Crippen molar-refractivity contribution in [2.24, 2.45) is 5.14 Å². The third-order valence-corrected chi connectivity index (χ3v) is 4.34. The highest BCUT2D eigenvalue weighted by Gasteiger charge is 2.03. The standard InChI is InChI=1S/C14H15N.C6H7NO2S/c1-3-7-13(8-4-1)11-15-12-14-9-5-2-6-10-14;7-10(8,9)6-4-2-1-3-5-6/h1-10,15H,11-12H2;1-5H,(H2,7,8,9). The average Bonchev–Trinajstić information content (AvgIpc) is 2.64. The van der Waals surface area contributed by atoms with Crippen LogP contribution in [-0.4, -0.2) is 8.42 Å². The topological polar surface area (TPSA) is 72.2 Å². The molecule has 0 fully saturated rings. The van der Waals surface area contributed by atoms with Crippen LogP contribution in [0.4, 0.5) is 0 Å². The summed E-state index contributed by atoms with van der Waals surface area (Å²) in [5.41, 5.74) is 2.65. The average molecular weight is 354 g/mol. The lowest BCUT2D eigenvalue weighted by atomic mass is 10.2. The first-order chi connectivity index (χ1) is 12.1. The van der Waals surface area contributed by atoms with Gasteiger partial charge in [0.15, 0.2) is 0 Å². The van der Waals surface area contributed by atoms with E-state index in [0.29, 0.717) is 0 Å². The van der Waals surface area contributed by atoms with E-state index in [4.69, 9.17) is 5.14 Å². The van der Waals surface area contributed by atoms with Gasteiger partial charge in [0.2, 0.25) is 10.0 Å². The normalized spacial score (nSPS) is 10.6. The zero-order valence-electron chi connectivity index (χ0n) is 13.9. The summed E-state index contributed by atoms with van der Waals surface area (Å²) in [4.78, 5) is 0.148. The van der Waals surface area contributed by atoms with Gasteiger partial charge >= 0.3 is 0 Å². The van der Waals surface area contributed by atoms with Crippen LogP contribution >= 0.6 is 0 Å². The Bertz CT molecular complexity index is 797. The molecule has 0 heterocycles. The SMILES string of the molecule is NS(=O)(=O)c1ccccc1.c1ccc(CNCc2ccccc2)cc1. The van der Waals surface area contributed by atoms with Crippen LogP contribution in [0.1, 0.15) is 11.1 Å². The summed E-state index contributed by atoms with van der Waals surface area (Å²) >= 11 is 0. The van der Waals surface area contributed by atoms with E-state index in [1.807, 2.05) is 12.1 Å². The van der Waals surface area contributed by atoms with Crippen molar-refractivity contribution in [2.45, 2.75) is 18.0 Å². The lowest BCUT2D eigenvalue weighted by molar-refractivity contribution is 0.598. The molecule has 0 radical (unpaired) electrons. The second kappa shape index (κ2) is 9.74. The minimum atomic E-state index is -3.50. The quantitative estimate of drug-likeness (QED) is 0.738. The summed E-state index contributed by atoms with van der Waals surface area (Å²) < 4.78 is 21.2. The van der Waals surface area contributed by atoms with Crippen LogP contribution in [0.25, 0.3) is 0 Å². The Morgan fingerprint density at radius 1 is 0.640 bits per heavy atom. The molecule has 3 rings (SSSR count). The van der Waals surface area contributed by atoms with Crippen LogP contribution in [-0.2, 0) is 23.1 Å². The van der Waals surface area contributed by atoms with Crippen molar-refractivity contribution in [3.05, 3.63) is 102 Å². The third kappa shape index (κ3) is 7.30. The summed E-state index contributed by atoms with van der Waals surface area (Å²) in [6, 6.07) is 28.8. The van der Waals surface area contributed by atoms with Crippen LogP contribution in [0.3, 0.4) is 0 Å². The highest BCUT2D eigenvalue weighted by Crippen LogP contribution is 2.03. The molecule has 0 saturated heterocycles. The number of nitrogens with two attached hydrogens (primary N) is 1. The molecule has 0 spiro atoms. The first-order valence-electron chi connectivity index (χ1n) is 7.92. The number of benzene rings is 3. The molecule has 3 aromatic rings. The van der Waals surface area contributed by atoms with Crippen LogP contribution in [0.15, 0.2) is 95.9 Å². The summed E-state index contributed by atoms with van der Waals surface area (Å²) in [6.45, 7) is 1.85. The molecular weight excluding hydrogens is 332 g/mol. The van der Waals surface area contributed by atoms with Gasteiger partial charge < -0.3 is 5.32 Å². The predicted molar refractivity (Wildman–Crippen MR) is 101 cm³/mol. The van der Waals surface area contributed by atoms with Crippen molar-refractivity contribution in [3.63, 3.8) is 0 Å². The molecule has 0 aliphatic carbocycles. The Hall–Kier alpha value is -2.47. The van der Waals surface area contributed by atoms with E-state index in [0.717, 1.165) is 13.1 Å². The first kappa shape index (κ1) is 18.9. The molecule has 25 heavy (non-hydrogen) atoms. The van der Waals surface area contributed by atoms with Gasteiger partial charge in [-0.3, -0.25) is 0 Å². The largest absolute Gasteiger partial charge is 0.309 e. The van der Waals surface area contributed by atoms with Crippen LogP contribution in [0.2, 0.25) is 0 Å². The lowest BCUT2D eigenvalue weighted by Gasteiger charge is -2.04. The number of primary sulfonamides is 1. The fraction of sp³-hybridized carbons (Fsp3) is 0.100. The van der Waals surface area contributed by atoms with Gasteiger partial charge in [-0.05, 0) is 23.3 Å². The Kier molecular flexibility index (Phi) is 7.35. The number of rotatable bonds is 5. The maximum Gasteiger partial charge on any atom is 0.238 e. The van der Waals surface area contributed by atoms with Crippen molar-refractivity contribution < 1.29 is 8.42 Å². The molecule has 0 atom stereocenters. The Morgan fingerprint density at radius 3 is 1.32 bits per heavy atom. The molecular formula is C20H22N2O2S. The van der Waals surface area contributed by atoms with E-state index in [2.05, 4.69) is 53.8 Å². The monoisotopic (exact) mass is 354 g/mol. The number of hydrogen-bond acceptors (Lipinski definition) is 3. The molecule has 0 aliphatic heterocycles. The maximum atomic E-state index is 10.6. The van der Waals surface area contributed by atoms with Crippen LogP contribution in [0, 0.1) is 0 Å². The number of hydrogen-bond donors (Lipinski definition) is 2. The van der Waals surface area contributed by atoms with E-state index in [1.54, 1.807) is 18.2 Å². The fourth-order valence-electron chi connectivity index (χ4n) is 2.15. The van der Waals surface area contributed by atoms with E-state index in [-0.39, 0.29) is 4.90 Å². The second-order valence-corrected chi connectivity index (χ2v) is 6.99. The van der Waals surface area contributed by atoms with Crippen molar-refractivity contribution in [3.8, 4) is 0 Å². The van der Waals surface area contributed by atoms with Crippen LogP contribution < -0.4 is 10.5 Å². The Labute approximate surface area is 149 Å². The maximum absolute atomic E-state index is 10.6. The summed E-state index contributed by atoms with van der Waals surface area (Å²) in [5.74, 6) is 0. The highest BCUT2D eigenvalue weighted by atomic mass is 32.2. The van der Waals surface area contributed by atoms with Gasteiger partial charge in [0.25, 0.3) is 0 Å². The smallest absolute Gasteiger partial charge is 0.238 e. The first-order valence-corrected chi connectivity index (χ1v) is 9.47. The van der Waals surface area contributed by atoms with Gasteiger partial charge in [-0.25, -0.2) is 13.6 Å². The summed E-state index contributed by atoms with van der Waals surface area (Å²) in [6.07, 6.45) is 0. The second-order valence-electron chi connectivity index (χ2n) is 5.43. The minimum absolute atomic E-state index is 0.148. The zero-order chi connectivity index (χ0) is 18.0. The number of nitrogens with one attached hydrogen (secondary N) is 1. The van der Waals surface area contributed by atoms with E-state index in [1.165, 1.54) is 23.3 Å². The molecule has 0 aromatic heterocycles. The fourth-order valence-corrected chi connectivity index (χ4v) is 2.69. The van der Waals surface area contributed by atoms with Gasteiger partial charge in [-0.15, -0.1) is 0 Å². The summed E-state index contributed by atoms with van der Waals surface area (Å²) in [5, 5.41) is 8.25. The highest BCUT2D eigenvalue weighted by molar-refractivity contribution is 7.89. The van der Waals surface area contributed by atoms with Crippen molar-refractivity contribution in [1.82, 2.24) is 5.32 Å². The van der Waals surface area contributed by atoms with Crippen molar-refractivity contribution in [2.75, 3.05) is 0 Å². The Morgan fingerprint density at radius 2 is 1.00 bits per heavy atom.